The smallest absolute Gasteiger partial charge is 0.416 e. The number of nitrogens with one attached hydrogen (secondary N) is 2. The van der Waals surface area contributed by atoms with E-state index in [9.17, 15) is 22.8 Å². The molecule has 1 saturated heterocycles. The number of morpholine rings is 1. The van der Waals surface area contributed by atoms with Crippen LogP contribution in [0.25, 0.3) is 0 Å². The van der Waals surface area contributed by atoms with Crippen molar-refractivity contribution in [3.05, 3.63) is 65.2 Å². The summed E-state index contributed by atoms with van der Waals surface area (Å²) in [4.78, 5) is 27.0. The number of nitrogens with zero attached hydrogens (tertiary/aromatic N) is 1. The first kappa shape index (κ1) is 25.5. The predicted octanol–water partition coefficient (Wildman–Crippen LogP) is 3.02. The topological polar surface area (TPSA) is 79.9 Å². The van der Waals surface area contributed by atoms with E-state index < -0.39 is 23.6 Å². The monoisotopic (exact) mass is 479 g/mol. The van der Waals surface area contributed by atoms with Gasteiger partial charge in [-0.25, -0.2) is 0 Å². The second kappa shape index (κ2) is 11.8. The molecule has 2 aromatic rings. The summed E-state index contributed by atoms with van der Waals surface area (Å²) in [7, 11) is 0. The van der Waals surface area contributed by atoms with Crippen molar-refractivity contribution in [3.8, 4) is 5.75 Å². The van der Waals surface area contributed by atoms with Crippen LogP contribution in [0.4, 0.5) is 13.2 Å². The number of halogens is 3. The summed E-state index contributed by atoms with van der Waals surface area (Å²) < 4.78 is 49.6. The normalized spacial score (nSPS) is 15.4. The Morgan fingerprint density at radius 2 is 1.74 bits per heavy atom. The van der Waals surface area contributed by atoms with Crippen molar-refractivity contribution in [2.75, 3.05) is 46.0 Å². The first-order chi connectivity index (χ1) is 16.3. The van der Waals surface area contributed by atoms with Gasteiger partial charge in [0.15, 0.2) is 0 Å². The molecule has 1 atom stereocenters. The highest BCUT2D eigenvalue weighted by atomic mass is 19.4. The fraction of sp³-hybridized carbons (Fsp3) is 0.417. The Morgan fingerprint density at radius 1 is 1.06 bits per heavy atom. The molecule has 2 aromatic carbocycles. The molecule has 1 fully saturated rings. The van der Waals surface area contributed by atoms with Crippen LogP contribution >= 0.6 is 0 Å². The Labute approximate surface area is 196 Å². The highest BCUT2D eigenvalue weighted by Crippen LogP contribution is 2.31. The molecule has 0 spiro atoms. The average molecular weight is 479 g/mol. The number of amides is 2. The molecule has 184 valence electrons. The van der Waals surface area contributed by atoms with Gasteiger partial charge in [0.25, 0.3) is 5.91 Å². The second-order valence-electron chi connectivity index (χ2n) is 7.70. The second-order valence-corrected chi connectivity index (χ2v) is 7.70. The molecule has 0 aromatic heterocycles. The van der Waals surface area contributed by atoms with Gasteiger partial charge < -0.3 is 20.1 Å². The Morgan fingerprint density at radius 3 is 2.38 bits per heavy atom. The summed E-state index contributed by atoms with van der Waals surface area (Å²) in [6, 6.07) is 11.4. The third-order valence-corrected chi connectivity index (χ3v) is 5.44. The minimum atomic E-state index is -4.42. The zero-order valence-electron chi connectivity index (χ0n) is 18.9. The molecule has 34 heavy (non-hydrogen) atoms. The Bertz CT molecular complexity index is 961. The molecule has 0 bridgehead atoms. The molecule has 10 heteroatoms. The molecule has 0 aliphatic carbocycles. The molecular formula is C24H28F3N3O4. The van der Waals surface area contributed by atoms with Crippen molar-refractivity contribution in [2.24, 2.45) is 0 Å². The molecule has 0 radical (unpaired) electrons. The summed E-state index contributed by atoms with van der Waals surface area (Å²) >= 11 is 0. The maximum atomic E-state index is 12.9. The van der Waals surface area contributed by atoms with Crippen LogP contribution in [0.15, 0.2) is 48.5 Å². The van der Waals surface area contributed by atoms with E-state index in [2.05, 4.69) is 15.5 Å². The highest BCUT2D eigenvalue weighted by Gasteiger charge is 2.31. The van der Waals surface area contributed by atoms with Gasteiger partial charge in [-0.1, -0.05) is 24.3 Å². The van der Waals surface area contributed by atoms with Crippen molar-refractivity contribution in [1.82, 2.24) is 15.5 Å². The van der Waals surface area contributed by atoms with Gasteiger partial charge in [-0.3, -0.25) is 14.5 Å². The summed E-state index contributed by atoms with van der Waals surface area (Å²) in [5, 5.41) is 5.36. The van der Waals surface area contributed by atoms with Gasteiger partial charge in [0.1, 0.15) is 5.75 Å². The van der Waals surface area contributed by atoms with Crippen molar-refractivity contribution in [1.29, 1.82) is 0 Å². The maximum absolute atomic E-state index is 12.9. The first-order valence-electron chi connectivity index (χ1n) is 11.0. The van der Waals surface area contributed by atoms with Gasteiger partial charge in [0, 0.05) is 19.6 Å². The Hall–Kier alpha value is -3.11. The van der Waals surface area contributed by atoms with E-state index >= 15 is 0 Å². The fourth-order valence-corrected chi connectivity index (χ4v) is 3.71. The van der Waals surface area contributed by atoms with Gasteiger partial charge in [0.05, 0.1) is 43.5 Å². The van der Waals surface area contributed by atoms with Crippen molar-refractivity contribution < 1.29 is 32.2 Å². The largest absolute Gasteiger partial charge is 0.493 e. The molecule has 2 N–H and O–H groups in total. The van der Waals surface area contributed by atoms with Crippen molar-refractivity contribution in [2.45, 2.75) is 19.1 Å². The predicted molar refractivity (Wildman–Crippen MR) is 120 cm³/mol. The number of carbonyl (C=O) groups excluding carboxylic acids is 2. The third kappa shape index (κ3) is 6.94. The maximum Gasteiger partial charge on any atom is 0.416 e. The van der Waals surface area contributed by atoms with Crippen LogP contribution in [-0.4, -0.2) is 62.7 Å². The lowest BCUT2D eigenvalue weighted by Crippen LogP contribution is -2.45. The van der Waals surface area contributed by atoms with Gasteiger partial charge in [0.2, 0.25) is 5.91 Å². The Kier molecular flexibility index (Phi) is 8.89. The SMILES string of the molecule is CCOc1ccccc1C(=O)NCC(=O)NCC(c1ccc(C(F)(F)F)cc1)N1CCOCC1. The molecule has 1 aliphatic heterocycles. The zero-order valence-corrected chi connectivity index (χ0v) is 18.9. The van der Waals surface area contributed by atoms with Crippen LogP contribution in [0.1, 0.15) is 34.5 Å². The first-order valence-corrected chi connectivity index (χ1v) is 11.0. The van der Waals surface area contributed by atoms with Gasteiger partial charge in [-0.2, -0.15) is 13.2 Å². The number of para-hydroxylation sites is 1. The van der Waals surface area contributed by atoms with Crippen LogP contribution < -0.4 is 15.4 Å². The number of carbonyl (C=O) groups is 2. The lowest BCUT2D eigenvalue weighted by atomic mass is 10.0. The van der Waals surface area contributed by atoms with Gasteiger partial charge >= 0.3 is 6.18 Å². The highest BCUT2D eigenvalue weighted by molar-refractivity contribution is 5.98. The molecule has 0 saturated carbocycles. The quantitative estimate of drug-likeness (QED) is 0.578. The number of benzene rings is 2. The standard InChI is InChI=1S/C24H28F3N3O4/c1-2-34-21-6-4-3-5-19(21)23(32)29-16-22(31)28-15-20(30-11-13-33-14-12-30)17-7-9-18(10-8-17)24(25,26)27/h3-10,20H,2,11-16H2,1H3,(H,28,31)(H,29,32). The van der Waals surface area contributed by atoms with Gasteiger partial charge in [-0.15, -0.1) is 0 Å². The van der Waals surface area contributed by atoms with Crippen LogP contribution in [-0.2, 0) is 15.7 Å². The lowest BCUT2D eigenvalue weighted by molar-refractivity contribution is -0.137. The van der Waals surface area contributed by atoms with E-state index in [1.807, 2.05) is 6.92 Å². The fourth-order valence-electron chi connectivity index (χ4n) is 3.71. The number of hydrogen-bond acceptors (Lipinski definition) is 5. The number of rotatable bonds is 9. The molecule has 1 unspecified atom stereocenters. The lowest BCUT2D eigenvalue weighted by Gasteiger charge is -2.35. The van der Waals surface area contributed by atoms with E-state index in [-0.39, 0.29) is 19.1 Å². The van der Waals surface area contributed by atoms with E-state index in [1.165, 1.54) is 12.1 Å². The van der Waals surface area contributed by atoms with E-state index in [0.29, 0.717) is 49.8 Å². The number of hydrogen-bond donors (Lipinski definition) is 2. The van der Waals surface area contributed by atoms with Crippen molar-refractivity contribution in [3.63, 3.8) is 0 Å². The number of alkyl halides is 3. The molecule has 3 rings (SSSR count). The Balaban J connectivity index is 1.61. The van der Waals surface area contributed by atoms with Crippen molar-refractivity contribution >= 4 is 11.8 Å². The molecule has 2 amide bonds. The van der Waals surface area contributed by atoms with Crippen LogP contribution in [0, 0.1) is 0 Å². The van der Waals surface area contributed by atoms with Crippen LogP contribution in [0.3, 0.4) is 0 Å². The third-order valence-electron chi connectivity index (χ3n) is 5.44. The average Bonchev–Trinajstić information content (AvgIpc) is 2.83. The summed E-state index contributed by atoms with van der Waals surface area (Å²) in [5.74, 6) is -0.420. The minimum Gasteiger partial charge on any atom is -0.493 e. The minimum absolute atomic E-state index is 0.176. The van der Waals surface area contributed by atoms with Crippen LogP contribution in [0.2, 0.25) is 0 Å². The summed E-state index contributed by atoms with van der Waals surface area (Å²) in [6.45, 7) is 4.32. The van der Waals surface area contributed by atoms with E-state index in [1.54, 1.807) is 24.3 Å². The van der Waals surface area contributed by atoms with Crippen LogP contribution in [0.5, 0.6) is 5.75 Å². The molecule has 1 heterocycles. The summed E-state index contributed by atoms with van der Waals surface area (Å²) in [5.41, 5.74) is 0.258. The summed E-state index contributed by atoms with van der Waals surface area (Å²) in [6.07, 6.45) is -4.42. The van der Waals surface area contributed by atoms with E-state index in [0.717, 1.165) is 12.1 Å². The molecular weight excluding hydrogens is 451 g/mol. The van der Waals surface area contributed by atoms with E-state index in [4.69, 9.17) is 9.47 Å². The number of ether oxygens (including phenoxy) is 2. The molecule has 1 aliphatic rings. The zero-order chi connectivity index (χ0) is 24.6. The molecule has 7 nitrogen and oxygen atoms in total. The van der Waals surface area contributed by atoms with Gasteiger partial charge in [-0.05, 0) is 36.8 Å².